The van der Waals surface area contributed by atoms with Crippen molar-refractivity contribution in [2.75, 3.05) is 12.0 Å². The molecule has 0 bridgehead atoms. The number of rotatable bonds is 6. The Bertz CT molecular complexity index is 401. The van der Waals surface area contributed by atoms with Crippen LogP contribution in [0, 0.1) is 10.1 Å². The van der Waals surface area contributed by atoms with Crippen molar-refractivity contribution in [3.8, 4) is 0 Å². The fourth-order valence-corrected chi connectivity index (χ4v) is 2.60. The maximum absolute atomic E-state index is 10.8. The third-order valence-corrected chi connectivity index (χ3v) is 4.06. The third kappa shape index (κ3) is 4.29. The van der Waals surface area contributed by atoms with Crippen LogP contribution in [0.4, 0.5) is 5.69 Å². The van der Waals surface area contributed by atoms with Gasteiger partial charge in [-0.15, -0.1) is 0 Å². The summed E-state index contributed by atoms with van der Waals surface area (Å²) in [5.74, 6) is 1.02. The number of thioether (sulfide) groups is 1. The molecule has 0 heterocycles. The van der Waals surface area contributed by atoms with Crippen LogP contribution in [0.2, 0.25) is 0 Å². The van der Waals surface area contributed by atoms with Crippen LogP contribution in [0.1, 0.15) is 12.5 Å². The molecule has 0 radical (unpaired) electrons. The molecule has 0 saturated carbocycles. The van der Waals surface area contributed by atoms with Gasteiger partial charge in [0.15, 0.2) is 0 Å². The SMILES string of the molecule is CSCC(C)NCc1cccc([N+](=O)[O-])c1Br. The van der Waals surface area contributed by atoms with Gasteiger partial charge in [-0.25, -0.2) is 0 Å². The molecule has 0 spiro atoms. The molecule has 0 aliphatic rings. The molecular weight excluding hydrogens is 304 g/mol. The quantitative estimate of drug-likeness (QED) is 0.646. The first kappa shape index (κ1) is 14.5. The largest absolute Gasteiger partial charge is 0.309 e. The average Bonchev–Trinajstić information content (AvgIpc) is 2.27. The summed E-state index contributed by atoms with van der Waals surface area (Å²) in [6, 6.07) is 5.48. The molecule has 6 heteroatoms. The zero-order valence-corrected chi connectivity index (χ0v) is 12.2. The van der Waals surface area contributed by atoms with E-state index in [-0.39, 0.29) is 10.6 Å². The average molecular weight is 319 g/mol. The van der Waals surface area contributed by atoms with E-state index >= 15 is 0 Å². The lowest BCUT2D eigenvalue weighted by molar-refractivity contribution is -0.385. The molecule has 17 heavy (non-hydrogen) atoms. The van der Waals surface area contributed by atoms with Gasteiger partial charge in [0.25, 0.3) is 5.69 Å². The third-order valence-electron chi connectivity index (χ3n) is 2.31. The predicted molar refractivity (Wildman–Crippen MR) is 75.5 cm³/mol. The highest BCUT2D eigenvalue weighted by Gasteiger charge is 2.14. The van der Waals surface area contributed by atoms with Gasteiger partial charge in [0, 0.05) is 24.4 Å². The molecule has 4 nitrogen and oxygen atoms in total. The summed E-state index contributed by atoms with van der Waals surface area (Å²) < 4.78 is 0.564. The van der Waals surface area contributed by atoms with Crippen molar-refractivity contribution in [3.05, 3.63) is 38.3 Å². The Balaban J connectivity index is 2.72. The Labute approximate surface area is 113 Å². The molecular formula is C11H15BrN2O2S. The molecule has 1 rings (SSSR count). The molecule has 1 aromatic rings. The zero-order chi connectivity index (χ0) is 12.8. The summed E-state index contributed by atoms with van der Waals surface area (Å²) >= 11 is 5.06. The summed E-state index contributed by atoms with van der Waals surface area (Å²) in [6.07, 6.45) is 2.06. The van der Waals surface area contributed by atoms with E-state index in [1.165, 1.54) is 6.07 Å². The molecule has 0 aliphatic carbocycles. The Kier molecular flexibility index (Phi) is 5.94. The van der Waals surface area contributed by atoms with Crippen molar-refractivity contribution in [2.45, 2.75) is 19.5 Å². The predicted octanol–water partition coefficient (Wildman–Crippen LogP) is 3.20. The summed E-state index contributed by atoms with van der Waals surface area (Å²) in [6.45, 7) is 2.73. The van der Waals surface area contributed by atoms with Gasteiger partial charge in [0.2, 0.25) is 0 Å². The second-order valence-corrected chi connectivity index (χ2v) is 5.45. The van der Waals surface area contributed by atoms with E-state index in [9.17, 15) is 10.1 Å². The highest BCUT2D eigenvalue weighted by Crippen LogP contribution is 2.28. The van der Waals surface area contributed by atoms with Gasteiger partial charge in [0.05, 0.1) is 9.40 Å². The minimum absolute atomic E-state index is 0.113. The summed E-state index contributed by atoms with van der Waals surface area (Å²) in [7, 11) is 0. The Morgan fingerprint density at radius 2 is 2.29 bits per heavy atom. The second kappa shape index (κ2) is 6.98. The second-order valence-electron chi connectivity index (χ2n) is 3.74. The number of hydrogen-bond donors (Lipinski definition) is 1. The van der Waals surface area contributed by atoms with Gasteiger partial charge in [-0.1, -0.05) is 12.1 Å². The van der Waals surface area contributed by atoms with E-state index in [2.05, 4.69) is 34.4 Å². The van der Waals surface area contributed by atoms with Gasteiger partial charge >= 0.3 is 0 Å². The van der Waals surface area contributed by atoms with Crippen LogP contribution in [0.25, 0.3) is 0 Å². The molecule has 94 valence electrons. The van der Waals surface area contributed by atoms with Gasteiger partial charge < -0.3 is 5.32 Å². The van der Waals surface area contributed by atoms with E-state index in [0.717, 1.165) is 11.3 Å². The van der Waals surface area contributed by atoms with Crippen LogP contribution < -0.4 is 5.32 Å². The van der Waals surface area contributed by atoms with Gasteiger partial charge in [0.1, 0.15) is 0 Å². The minimum Gasteiger partial charge on any atom is -0.309 e. The lowest BCUT2D eigenvalue weighted by Gasteiger charge is -2.13. The number of nitrogens with one attached hydrogen (secondary N) is 1. The molecule has 0 aromatic heterocycles. The Hall–Kier alpha value is -0.590. The van der Waals surface area contributed by atoms with Crippen molar-refractivity contribution in [2.24, 2.45) is 0 Å². The van der Waals surface area contributed by atoms with Crippen molar-refractivity contribution in [1.82, 2.24) is 5.32 Å². The number of nitro groups is 1. The molecule has 0 amide bonds. The molecule has 0 aliphatic heterocycles. The van der Waals surface area contributed by atoms with E-state index in [0.29, 0.717) is 17.1 Å². The monoisotopic (exact) mass is 318 g/mol. The standard InChI is InChI=1S/C11H15BrN2O2S/c1-8(7-17-2)13-6-9-4-3-5-10(11(9)12)14(15)16/h3-5,8,13H,6-7H2,1-2H3. The van der Waals surface area contributed by atoms with E-state index < -0.39 is 0 Å². The lowest BCUT2D eigenvalue weighted by atomic mass is 10.2. The first-order valence-corrected chi connectivity index (χ1v) is 7.39. The fraction of sp³-hybridized carbons (Fsp3) is 0.455. The Morgan fingerprint density at radius 3 is 2.88 bits per heavy atom. The summed E-state index contributed by atoms with van der Waals surface area (Å²) in [5.41, 5.74) is 1.02. The number of halogens is 1. The molecule has 1 aromatic carbocycles. The van der Waals surface area contributed by atoms with Crippen LogP contribution >= 0.6 is 27.7 Å². The topological polar surface area (TPSA) is 55.2 Å². The van der Waals surface area contributed by atoms with E-state index in [1.807, 2.05) is 6.07 Å². The van der Waals surface area contributed by atoms with Crippen molar-refractivity contribution in [3.63, 3.8) is 0 Å². The number of hydrogen-bond acceptors (Lipinski definition) is 4. The van der Waals surface area contributed by atoms with Crippen molar-refractivity contribution >= 4 is 33.4 Å². The highest BCUT2D eigenvalue weighted by molar-refractivity contribution is 9.10. The maximum Gasteiger partial charge on any atom is 0.283 e. The minimum atomic E-state index is -0.376. The molecule has 0 fully saturated rings. The Morgan fingerprint density at radius 1 is 1.59 bits per heavy atom. The molecule has 0 saturated heterocycles. The normalized spacial score (nSPS) is 12.4. The maximum atomic E-state index is 10.8. The van der Waals surface area contributed by atoms with Gasteiger partial charge in [-0.05, 0) is 34.7 Å². The number of benzene rings is 1. The smallest absolute Gasteiger partial charge is 0.283 e. The van der Waals surface area contributed by atoms with Crippen LogP contribution in [0.5, 0.6) is 0 Å². The first-order valence-electron chi connectivity index (χ1n) is 5.20. The molecule has 1 N–H and O–H groups in total. The summed E-state index contributed by atoms with van der Waals surface area (Å²) in [5, 5.41) is 14.1. The van der Waals surface area contributed by atoms with E-state index in [1.54, 1.807) is 17.8 Å². The van der Waals surface area contributed by atoms with Crippen molar-refractivity contribution < 1.29 is 4.92 Å². The number of nitro benzene ring substituents is 1. The molecule has 1 atom stereocenters. The van der Waals surface area contributed by atoms with Crippen LogP contribution in [-0.2, 0) is 6.54 Å². The fourth-order valence-electron chi connectivity index (χ4n) is 1.44. The first-order chi connectivity index (χ1) is 8.06. The molecule has 1 unspecified atom stereocenters. The lowest BCUT2D eigenvalue weighted by Crippen LogP contribution is -2.27. The summed E-state index contributed by atoms with van der Waals surface area (Å²) in [4.78, 5) is 10.4. The van der Waals surface area contributed by atoms with Crippen LogP contribution in [-0.4, -0.2) is 23.0 Å². The van der Waals surface area contributed by atoms with Gasteiger partial charge in [-0.3, -0.25) is 10.1 Å². The highest BCUT2D eigenvalue weighted by atomic mass is 79.9. The van der Waals surface area contributed by atoms with E-state index in [4.69, 9.17) is 0 Å². The van der Waals surface area contributed by atoms with Gasteiger partial charge in [-0.2, -0.15) is 11.8 Å². The van der Waals surface area contributed by atoms with Crippen molar-refractivity contribution in [1.29, 1.82) is 0 Å². The van der Waals surface area contributed by atoms with Crippen LogP contribution in [0.3, 0.4) is 0 Å². The number of nitrogens with zero attached hydrogens (tertiary/aromatic N) is 1. The zero-order valence-electron chi connectivity index (χ0n) is 9.77. The van der Waals surface area contributed by atoms with Crippen LogP contribution in [0.15, 0.2) is 22.7 Å².